The van der Waals surface area contributed by atoms with Crippen molar-refractivity contribution in [1.82, 2.24) is 9.88 Å². The summed E-state index contributed by atoms with van der Waals surface area (Å²) < 4.78 is 0. The quantitative estimate of drug-likeness (QED) is 0.482. The molecule has 2 rings (SSSR count). The van der Waals surface area contributed by atoms with E-state index >= 15 is 0 Å². The Morgan fingerprint density at radius 1 is 1.63 bits per heavy atom. The fourth-order valence-electron chi connectivity index (χ4n) is 2.29. The number of aromatic nitrogens is 1. The molecule has 0 saturated heterocycles. The molecule has 1 aliphatic rings. The number of hydrogen-bond acceptors (Lipinski definition) is 4. The Labute approximate surface area is 115 Å². The van der Waals surface area contributed by atoms with Crippen molar-refractivity contribution in [3.8, 4) is 0 Å². The second-order valence-corrected chi connectivity index (χ2v) is 5.06. The molecule has 1 atom stereocenters. The molecule has 0 aliphatic carbocycles. The van der Waals surface area contributed by atoms with Crippen molar-refractivity contribution in [3.05, 3.63) is 33.6 Å². The maximum absolute atomic E-state index is 12.2. The average molecular weight is 284 g/mol. The van der Waals surface area contributed by atoms with E-state index in [0.29, 0.717) is 30.1 Å². The molecule has 0 bridgehead atoms. The van der Waals surface area contributed by atoms with Gasteiger partial charge in [0.05, 0.1) is 16.2 Å². The number of hydrogen-bond donors (Lipinski definition) is 0. The summed E-state index contributed by atoms with van der Waals surface area (Å²) in [6.45, 7) is 0.593. The average Bonchev–Trinajstić information content (AvgIpc) is 2.48. The van der Waals surface area contributed by atoms with Gasteiger partial charge < -0.3 is 4.90 Å². The molecule has 0 spiro atoms. The summed E-state index contributed by atoms with van der Waals surface area (Å²) in [5.74, 6) is 0.541. The van der Waals surface area contributed by atoms with Crippen LogP contribution in [0.15, 0.2) is 12.3 Å². The minimum Gasteiger partial charge on any atom is -0.341 e. The summed E-state index contributed by atoms with van der Waals surface area (Å²) in [7, 11) is 1.69. The van der Waals surface area contributed by atoms with Crippen LogP contribution in [-0.2, 0) is 6.42 Å². The molecule has 102 valence electrons. The number of halogens is 1. The molecule has 1 amide bonds. The predicted octanol–water partition coefficient (Wildman–Crippen LogP) is 1.86. The number of nitro groups is 1. The van der Waals surface area contributed by atoms with Crippen molar-refractivity contribution in [3.63, 3.8) is 0 Å². The molecular formula is C12H14ClN3O3. The van der Waals surface area contributed by atoms with Crippen LogP contribution in [0, 0.1) is 16.0 Å². The predicted molar refractivity (Wildman–Crippen MR) is 70.4 cm³/mol. The third kappa shape index (κ3) is 2.84. The first-order valence-electron chi connectivity index (χ1n) is 5.97. The maximum Gasteiger partial charge on any atom is 0.288 e. The van der Waals surface area contributed by atoms with Gasteiger partial charge in [0.2, 0.25) is 0 Å². The number of nitrogens with zero attached hydrogens (tertiary/aromatic N) is 3. The highest BCUT2D eigenvalue weighted by Crippen LogP contribution is 2.24. The van der Waals surface area contributed by atoms with Gasteiger partial charge in [0.1, 0.15) is 6.20 Å². The molecule has 1 aliphatic heterocycles. The van der Waals surface area contributed by atoms with Gasteiger partial charge in [-0.25, -0.2) is 0 Å². The monoisotopic (exact) mass is 283 g/mol. The van der Waals surface area contributed by atoms with Crippen LogP contribution < -0.4 is 0 Å². The molecule has 19 heavy (non-hydrogen) atoms. The van der Waals surface area contributed by atoms with Crippen molar-refractivity contribution in [2.75, 3.05) is 19.5 Å². The second kappa shape index (κ2) is 5.52. The zero-order chi connectivity index (χ0) is 14.0. The molecule has 0 saturated carbocycles. The minimum absolute atomic E-state index is 0.156. The maximum atomic E-state index is 12.2. The topological polar surface area (TPSA) is 76.3 Å². The highest BCUT2D eigenvalue weighted by Gasteiger charge is 2.27. The first-order chi connectivity index (χ1) is 9.02. The number of carbonyl (C=O) groups excluding carboxylic acids is 1. The molecule has 1 aromatic rings. The Kier molecular flexibility index (Phi) is 3.99. The molecule has 0 N–H and O–H groups in total. The van der Waals surface area contributed by atoms with Crippen LogP contribution in [0.5, 0.6) is 0 Å². The summed E-state index contributed by atoms with van der Waals surface area (Å²) in [5, 5.41) is 10.8. The number of amides is 1. The number of carbonyl (C=O) groups is 1. The zero-order valence-corrected chi connectivity index (χ0v) is 11.3. The lowest BCUT2D eigenvalue weighted by Gasteiger charge is -2.19. The van der Waals surface area contributed by atoms with Gasteiger partial charge in [-0.3, -0.25) is 19.9 Å². The van der Waals surface area contributed by atoms with E-state index in [4.69, 9.17) is 11.6 Å². The number of rotatable bonds is 3. The minimum atomic E-state index is -0.540. The Morgan fingerprint density at radius 3 is 3.00 bits per heavy atom. The lowest BCUT2D eigenvalue weighted by atomic mass is 9.99. The molecule has 1 unspecified atom stereocenters. The summed E-state index contributed by atoms with van der Waals surface area (Å²) in [6.07, 6.45) is 2.61. The van der Waals surface area contributed by atoms with Crippen LogP contribution in [0.3, 0.4) is 0 Å². The molecule has 0 radical (unpaired) electrons. The third-order valence-corrected chi connectivity index (χ3v) is 3.49. The molecule has 7 heteroatoms. The van der Waals surface area contributed by atoms with E-state index in [2.05, 4.69) is 4.98 Å². The van der Waals surface area contributed by atoms with E-state index in [9.17, 15) is 14.9 Å². The zero-order valence-electron chi connectivity index (χ0n) is 10.5. The summed E-state index contributed by atoms with van der Waals surface area (Å²) in [6, 6.07) is 1.31. The third-order valence-electron chi connectivity index (χ3n) is 3.28. The molecule has 1 aromatic heterocycles. The summed E-state index contributed by atoms with van der Waals surface area (Å²) >= 11 is 5.75. The molecule has 6 nitrogen and oxygen atoms in total. The van der Waals surface area contributed by atoms with Crippen LogP contribution in [-0.4, -0.2) is 40.2 Å². The Morgan fingerprint density at radius 2 is 2.37 bits per heavy atom. The lowest BCUT2D eigenvalue weighted by molar-refractivity contribution is -0.385. The summed E-state index contributed by atoms with van der Waals surface area (Å²) in [5.41, 5.74) is 0.792. The highest BCUT2D eigenvalue weighted by molar-refractivity contribution is 6.17. The van der Waals surface area contributed by atoms with E-state index in [1.807, 2.05) is 0 Å². The van der Waals surface area contributed by atoms with Gasteiger partial charge in [-0.05, 0) is 18.8 Å². The fourth-order valence-corrected chi connectivity index (χ4v) is 2.60. The van der Waals surface area contributed by atoms with Crippen molar-refractivity contribution >= 4 is 23.2 Å². The highest BCUT2D eigenvalue weighted by atomic mass is 35.5. The Bertz CT molecular complexity index is 521. The van der Waals surface area contributed by atoms with E-state index in [-0.39, 0.29) is 17.5 Å². The second-order valence-electron chi connectivity index (χ2n) is 4.68. The smallest absolute Gasteiger partial charge is 0.288 e. The van der Waals surface area contributed by atoms with Gasteiger partial charge in [-0.15, -0.1) is 11.6 Å². The lowest BCUT2D eigenvalue weighted by Crippen LogP contribution is -2.30. The van der Waals surface area contributed by atoms with E-state index < -0.39 is 4.92 Å². The van der Waals surface area contributed by atoms with Gasteiger partial charge in [0, 0.05) is 25.5 Å². The van der Waals surface area contributed by atoms with E-state index in [1.165, 1.54) is 12.3 Å². The fraction of sp³-hybridized carbons (Fsp3) is 0.500. The van der Waals surface area contributed by atoms with E-state index in [1.54, 1.807) is 11.9 Å². The van der Waals surface area contributed by atoms with Gasteiger partial charge in [-0.1, -0.05) is 0 Å². The SMILES string of the molecule is CN1CC(CCCl)Cc2ncc([N+](=O)[O-])cc2C1=O. The molecule has 0 aromatic carbocycles. The van der Waals surface area contributed by atoms with Gasteiger partial charge in [-0.2, -0.15) is 0 Å². The normalized spacial score (nSPS) is 18.9. The van der Waals surface area contributed by atoms with Crippen molar-refractivity contribution in [2.24, 2.45) is 5.92 Å². The molecule has 0 fully saturated rings. The first kappa shape index (κ1) is 13.7. The van der Waals surface area contributed by atoms with Gasteiger partial charge in [0.15, 0.2) is 0 Å². The Balaban J connectivity index is 2.41. The van der Waals surface area contributed by atoms with Crippen LogP contribution in [0.2, 0.25) is 0 Å². The van der Waals surface area contributed by atoms with Crippen molar-refractivity contribution in [2.45, 2.75) is 12.8 Å². The van der Waals surface area contributed by atoms with Gasteiger partial charge in [0.25, 0.3) is 11.6 Å². The van der Waals surface area contributed by atoms with Crippen LogP contribution in [0.25, 0.3) is 0 Å². The summed E-state index contributed by atoms with van der Waals surface area (Å²) in [4.78, 5) is 28.1. The van der Waals surface area contributed by atoms with E-state index in [0.717, 1.165) is 6.42 Å². The van der Waals surface area contributed by atoms with Crippen LogP contribution in [0.1, 0.15) is 22.5 Å². The first-order valence-corrected chi connectivity index (χ1v) is 6.51. The van der Waals surface area contributed by atoms with Crippen molar-refractivity contribution < 1.29 is 9.72 Å². The number of pyridine rings is 1. The van der Waals surface area contributed by atoms with Crippen LogP contribution in [0.4, 0.5) is 5.69 Å². The Hall–Kier alpha value is -1.69. The largest absolute Gasteiger partial charge is 0.341 e. The number of alkyl halides is 1. The molecule has 2 heterocycles. The standard InChI is InChI=1S/C12H14ClN3O3/c1-15-7-8(2-3-13)4-11-10(12(15)17)5-9(6-14-11)16(18)19/h5-6,8H,2-4,7H2,1H3. The number of fused-ring (bicyclic) bond motifs is 1. The van der Waals surface area contributed by atoms with Crippen LogP contribution >= 0.6 is 11.6 Å². The van der Waals surface area contributed by atoms with Gasteiger partial charge >= 0.3 is 0 Å². The van der Waals surface area contributed by atoms with Crippen molar-refractivity contribution in [1.29, 1.82) is 0 Å². The molecular weight excluding hydrogens is 270 g/mol.